The molecular formula is C12H14BrClO4. The number of hydrogen-bond acceptors (Lipinski definition) is 3. The Morgan fingerprint density at radius 3 is 2.89 bits per heavy atom. The Bertz CT molecular complexity index is 411. The van der Waals surface area contributed by atoms with Crippen molar-refractivity contribution in [1.82, 2.24) is 0 Å². The topological polar surface area (TPSA) is 55.8 Å². The molecular weight excluding hydrogens is 323 g/mol. The lowest BCUT2D eigenvalue weighted by Gasteiger charge is -2.13. The highest BCUT2D eigenvalue weighted by molar-refractivity contribution is 9.10. The Morgan fingerprint density at radius 1 is 1.56 bits per heavy atom. The lowest BCUT2D eigenvalue weighted by molar-refractivity contribution is -0.150. The summed E-state index contributed by atoms with van der Waals surface area (Å²) >= 11 is 9.25. The average Bonchev–Trinajstić information content (AvgIpc) is 2.32. The first kappa shape index (κ1) is 15.3. The van der Waals surface area contributed by atoms with Gasteiger partial charge in [-0.15, -0.1) is 0 Å². The van der Waals surface area contributed by atoms with Gasteiger partial charge in [0.1, 0.15) is 5.75 Å². The molecule has 1 rings (SSSR count). The van der Waals surface area contributed by atoms with Crippen LogP contribution in [-0.4, -0.2) is 30.4 Å². The fourth-order valence-corrected chi connectivity index (χ4v) is 1.86. The van der Waals surface area contributed by atoms with Crippen LogP contribution in [0.15, 0.2) is 22.7 Å². The van der Waals surface area contributed by atoms with E-state index in [2.05, 4.69) is 15.9 Å². The highest BCUT2D eigenvalue weighted by Gasteiger charge is 2.17. The van der Waals surface area contributed by atoms with Crippen molar-refractivity contribution in [3.8, 4) is 5.75 Å². The van der Waals surface area contributed by atoms with Crippen LogP contribution in [0.25, 0.3) is 0 Å². The van der Waals surface area contributed by atoms with Crippen molar-refractivity contribution in [1.29, 1.82) is 0 Å². The van der Waals surface area contributed by atoms with E-state index in [0.717, 1.165) is 4.47 Å². The van der Waals surface area contributed by atoms with E-state index < -0.39 is 12.1 Å². The maximum atomic E-state index is 10.8. The highest BCUT2D eigenvalue weighted by atomic mass is 79.9. The van der Waals surface area contributed by atoms with E-state index in [9.17, 15) is 4.79 Å². The Kier molecular flexibility index (Phi) is 6.46. The minimum absolute atomic E-state index is 0.229. The summed E-state index contributed by atoms with van der Waals surface area (Å²) in [7, 11) is 0. The SMILES string of the molecule is CCOC(CCOc1cc(Br)ccc1Cl)C(=O)O. The molecule has 0 spiro atoms. The molecule has 6 heteroatoms. The Morgan fingerprint density at radius 2 is 2.28 bits per heavy atom. The normalized spacial score (nSPS) is 12.2. The quantitative estimate of drug-likeness (QED) is 0.829. The Balaban J connectivity index is 2.49. The van der Waals surface area contributed by atoms with Crippen molar-refractivity contribution >= 4 is 33.5 Å². The molecule has 1 N–H and O–H groups in total. The van der Waals surface area contributed by atoms with Gasteiger partial charge in [-0.3, -0.25) is 0 Å². The van der Waals surface area contributed by atoms with E-state index in [1.807, 2.05) is 0 Å². The number of benzene rings is 1. The van der Waals surface area contributed by atoms with Gasteiger partial charge in [-0.1, -0.05) is 27.5 Å². The van der Waals surface area contributed by atoms with E-state index >= 15 is 0 Å². The van der Waals surface area contributed by atoms with Crippen LogP contribution < -0.4 is 4.74 Å². The van der Waals surface area contributed by atoms with Gasteiger partial charge >= 0.3 is 5.97 Å². The molecule has 4 nitrogen and oxygen atoms in total. The second kappa shape index (κ2) is 7.61. The lowest BCUT2D eigenvalue weighted by atomic mass is 10.2. The molecule has 0 aliphatic rings. The average molecular weight is 338 g/mol. The third kappa shape index (κ3) is 4.84. The van der Waals surface area contributed by atoms with E-state index in [1.54, 1.807) is 25.1 Å². The molecule has 0 aromatic heterocycles. The van der Waals surface area contributed by atoms with Crippen LogP contribution in [0.5, 0.6) is 5.75 Å². The monoisotopic (exact) mass is 336 g/mol. The number of carbonyl (C=O) groups is 1. The summed E-state index contributed by atoms with van der Waals surface area (Å²) in [5.41, 5.74) is 0. The molecule has 0 aliphatic heterocycles. The molecule has 0 bridgehead atoms. The van der Waals surface area contributed by atoms with Gasteiger partial charge < -0.3 is 14.6 Å². The molecule has 1 aromatic carbocycles. The van der Waals surface area contributed by atoms with Crippen LogP contribution in [0.3, 0.4) is 0 Å². The molecule has 0 radical (unpaired) electrons. The van der Waals surface area contributed by atoms with E-state index in [1.165, 1.54) is 0 Å². The maximum Gasteiger partial charge on any atom is 0.332 e. The smallest absolute Gasteiger partial charge is 0.332 e. The van der Waals surface area contributed by atoms with Crippen molar-refractivity contribution in [3.05, 3.63) is 27.7 Å². The minimum Gasteiger partial charge on any atom is -0.492 e. The Hall–Kier alpha value is -0.780. The molecule has 0 amide bonds. The maximum absolute atomic E-state index is 10.8. The number of carboxylic acids is 1. The predicted octanol–water partition coefficient (Wildman–Crippen LogP) is 3.36. The second-order valence-electron chi connectivity index (χ2n) is 3.49. The van der Waals surface area contributed by atoms with Crippen LogP contribution in [0.1, 0.15) is 13.3 Å². The van der Waals surface area contributed by atoms with Crippen LogP contribution in [-0.2, 0) is 9.53 Å². The van der Waals surface area contributed by atoms with Crippen molar-refractivity contribution in [3.63, 3.8) is 0 Å². The summed E-state index contributed by atoms with van der Waals surface area (Å²) in [4.78, 5) is 10.8. The second-order valence-corrected chi connectivity index (χ2v) is 4.82. The van der Waals surface area contributed by atoms with Gasteiger partial charge in [-0.25, -0.2) is 4.79 Å². The number of halogens is 2. The van der Waals surface area contributed by atoms with Gasteiger partial charge in [0, 0.05) is 17.5 Å². The first-order chi connectivity index (χ1) is 8.54. The zero-order valence-corrected chi connectivity index (χ0v) is 12.2. The largest absolute Gasteiger partial charge is 0.492 e. The first-order valence-electron chi connectivity index (χ1n) is 5.46. The van der Waals surface area contributed by atoms with Gasteiger partial charge in [0.2, 0.25) is 0 Å². The number of carboxylic acid groups (broad SMARTS) is 1. The lowest BCUT2D eigenvalue weighted by Crippen LogP contribution is -2.26. The van der Waals surface area contributed by atoms with Gasteiger partial charge in [0.15, 0.2) is 6.10 Å². The number of aliphatic carboxylic acids is 1. The van der Waals surface area contributed by atoms with Crippen molar-refractivity contribution in [2.24, 2.45) is 0 Å². The highest BCUT2D eigenvalue weighted by Crippen LogP contribution is 2.28. The summed E-state index contributed by atoms with van der Waals surface area (Å²) < 4.78 is 11.4. The number of rotatable bonds is 7. The Labute approximate surface area is 119 Å². The molecule has 0 saturated carbocycles. The molecule has 1 aromatic rings. The van der Waals surface area contributed by atoms with Gasteiger partial charge in [0.05, 0.1) is 11.6 Å². The van der Waals surface area contributed by atoms with Gasteiger partial charge in [-0.2, -0.15) is 0 Å². The summed E-state index contributed by atoms with van der Waals surface area (Å²) in [5.74, 6) is -0.465. The van der Waals surface area contributed by atoms with Crippen molar-refractivity contribution in [2.45, 2.75) is 19.4 Å². The first-order valence-corrected chi connectivity index (χ1v) is 6.64. The van der Waals surface area contributed by atoms with Crippen molar-refractivity contribution in [2.75, 3.05) is 13.2 Å². The molecule has 0 saturated heterocycles. The number of ether oxygens (including phenoxy) is 2. The predicted molar refractivity (Wildman–Crippen MR) is 72.3 cm³/mol. The summed E-state index contributed by atoms with van der Waals surface area (Å²) in [5, 5.41) is 9.37. The van der Waals surface area contributed by atoms with E-state index in [0.29, 0.717) is 17.4 Å². The van der Waals surface area contributed by atoms with Crippen LogP contribution >= 0.6 is 27.5 Å². The summed E-state index contributed by atoms with van der Waals surface area (Å²) in [6.45, 7) is 2.34. The zero-order valence-electron chi connectivity index (χ0n) is 9.86. The van der Waals surface area contributed by atoms with E-state index in [4.69, 9.17) is 26.2 Å². The number of hydrogen-bond donors (Lipinski definition) is 1. The minimum atomic E-state index is -0.985. The van der Waals surface area contributed by atoms with Gasteiger partial charge in [-0.05, 0) is 25.1 Å². The fraction of sp³-hybridized carbons (Fsp3) is 0.417. The van der Waals surface area contributed by atoms with Crippen LogP contribution in [0.4, 0.5) is 0 Å². The standard InChI is InChI=1S/C12H14BrClO4/c1-2-17-10(12(15)16)5-6-18-11-7-8(13)3-4-9(11)14/h3-4,7,10H,2,5-6H2,1H3,(H,15,16). The molecule has 0 aliphatic carbocycles. The molecule has 18 heavy (non-hydrogen) atoms. The third-order valence-corrected chi connectivity index (χ3v) is 2.98. The summed E-state index contributed by atoms with van der Waals surface area (Å²) in [6.07, 6.45) is -0.577. The molecule has 1 unspecified atom stereocenters. The van der Waals surface area contributed by atoms with Gasteiger partial charge in [0.25, 0.3) is 0 Å². The van der Waals surface area contributed by atoms with Crippen LogP contribution in [0, 0.1) is 0 Å². The van der Waals surface area contributed by atoms with E-state index in [-0.39, 0.29) is 13.0 Å². The third-order valence-electron chi connectivity index (χ3n) is 2.17. The fourth-order valence-electron chi connectivity index (χ4n) is 1.34. The zero-order chi connectivity index (χ0) is 13.5. The molecule has 100 valence electrons. The summed E-state index contributed by atoms with van der Waals surface area (Å²) in [6, 6.07) is 5.24. The van der Waals surface area contributed by atoms with Crippen LogP contribution in [0.2, 0.25) is 5.02 Å². The molecule has 0 heterocycles. The van der Waals surface area contributed by atoms with Crippen molar-refractivity contribution < 1.29 is 19.4 Å². The molecule has 1 atom stereocenters. The molecule has 0 fully saturated rings.